The molecule has 3 nitrogen and oxygen atoms in total. The zero-order valence-corrected chi connectivity index (χ0v) is 5.80. The van der Waals surface area contributed by atoms with Crippen LogP contribution in [0, 0.1) is 0 Å². The van der Waals surface area contributed by atoms with Crippen LogP contribution in [0.3, 0.4) is 0 Å². The van der Waals surface area contributed by atoms with Gasteiger partial charge in [-0.25, -0.2) is 9.97 Å². The van der Waals surface area contributed by atoms with Crippen molar-refractivity contribution < 1.29 is 4.74 Å². The number of thiol groups is 1. The summed E-state index contributed by atoms with van der Waals surface area (Å²) in [4.78, 5) is 7.66. The van der Waals surface area contributed by atoms with Gasteiger partial charge in [0, 0.05) is 12.4 Å². The number of rotatable bonds is 1. The van der Waals surface area contributed by atoms with E-state index in [2.05, 4.69) is 22.6 Å². The monoisotopic (exact) mass is 142 g/mol. The minimum absolute atomic E-state index is 0.459. The molecule has 1 heterocycles. The molecule has 0 saturated heterocycles. The Balaban J connectivity index is 3.01. The van der Waals surface area contributed by atoms with Crippen LogP contribution >= 0.6 is 12.6 Å². The molecule has 0 saturated carbocycles. The Kier molecular flexibility index (Phi) is 1.89. The van der Waals surface area contributed by atoms with Crippen molar-refractivity contribution in [2.75, 3.05) is 7.11 Å². The molecule has 0 aliphatic rings. The van der Waals surface area contributed by atoms with E-state index >= 15 is 0 Å². The largest absolute Gasteiger partial charge is 0.479 e. The van der Waals surface area contributed by atoms with Crippen molar-refractivity contribution >= 4 is 12.6 Å². The van der Waals surface area contributed by atoms with Gasteiger partial charge >= 0.3 is 0 Å². The molecule has 0 bridgehead atoms. The maximum Gasteiger partial charge on any atom is 0.246 e. The van der Waals surface area contributed by atoms with Crippen molar-refractivity contribution in [3.8, 4) is 5.88 Å². The first-order valence-corrected chi connectivity index (χ1v) is 2.83. The minimum atomic E-state index is 0.459. The van der Waals surface area contributed by atoms with Crippen LogP contribution < -0.4 is 4.74 Å². The van der Waals surface area contributed by atoms with Gasteiger partial charge < -0.3 is 4.74 Å². The molecular formula is C5H6N2OS. The van der Waals surface area contributed by atoms with Crippen LogP contribution in [0.5, 0.6) is 5.88 Å². The van der Waals surface area contributed by atoms with Crippen LogP contribution in [0.25, 0.3) is 0 Å². The molecule has 1 aromatic rings. The molecule has 9 heavy (non-hydrogen) atoms. The van der Waals surface area contributed by atoms with E-state index in [1.54, 1.807) is 12.4 Å². The fourth-order valence-electron chi connectivity index (χ4n) is 0.462. The first-order chi connectivity index (χ1) is 4.34. The van der Waals surface area contributed by atoms with Crippen molar-refractivity contribution in [1.29, 1.82) is 0 Å². The van der Waals surface area contributed by atoms with Crippen molar-refractivity contribution in [2.24, 2.45) is 0 Å². The molecule has 4 heteroatoms. The molecule has 0 aliphatic carbocycles. The minimum Gasteiger partial charge on any atom is -0.479 e. The SMILES string of the molecule is COc1nccnc1S. The lowest BCUT2D eigenvalue weighted by Gasteiger charge is -1.97. The highest BCUT2D eigenvalue weighted by atomic mass is 32.1. The van der Waals surface area contributed by atoms with E-state index in [9.17, 15) is 0 Å². The zero-order chi connectivity index (χ0) is 6.69. The van der Waals surface area contributed by atoms with E-state index in [4.69, 9.17) is 4.74 Å². The second kappa shape index (κ2) is 2.68. The van der Waals surface area contributed by atoms with Gasteiger partial charge in [-0.3, -0.25) is 0 Å². The molecule has 0 radical (unpaired) electrons. The van der Waals surface area contributed by atoms with Gasteiger partial charge in [-0.05, 0) is 0 Å². The van der Waals surface area contributed by atoms with Crippen molar-refractivity contribution in [2.45, 2.75) is 5.03 Å². The normalized spacial score (nSPS) is 9.11. The van der Waals surface area contributed by atoms with Crippen LogP contribution in [-0.2, 0) is 0 Å². The molecule has 1 rings (SSSR count). The predicted molar refractivity (Wildman–Crippen MR) is 35.8 cm³/mol. The zero-order valence-electron chi connectivity index (χ0n) is 4.90. The Labute approximate surface area is 58.5 Å². The topological polar surface area (TPSA) is 35.0 Å². The van der Waals surface area contributed by atoms with Gasteiger partial charge in [0.1, 0.15) is 0 Å². The standard InChI is InChI=1S/C5H6N2OS/c1-8-4-5(9)7-3-2-6-4/h2-3H,1H3,(H,7,9). The Morgan fingerprint density at radius 1 is 1.44 bits per heavy atom. The number of aromatic nitrogens is 2. The smallest absolute Gasteiger partial charge is 0.246 e. The summed E-state index contributed by atoms with van der Waals surface area (Å²) in [6.07, 6.45) is 3.11. The van der Waals surface area contributed by atoms with Crippen molar-refractivity contribution in [1.82, 2.24) is 9.97 Å². The summed E-state index contributed by atoms with van der Waals surface area (Å²) in [5.41, 5.74) is 0. The van der Waals surface area contributed by atoms with Gasteiger partial charge in [0.25, 0.3) is 0 Å². The Morgan fingerprint density at radius 2 is 2.11 bits per heavy atom. The maximum atomic E-state index is 4.79. The number of hydrogen-bond donors (Lipinski definition) is 1. The molecule has 0 atom stereocenters. The van der Waals surface area contributed by atoms with Crippen LogP contribution in [-0.4, -0.2) is 17.1 Å². The van der Waals surface area contributed by atoms with Crippen LogP contribution in [0.2, 0.25) is 0 Å². The average molecular weight is 142 g/mol. The first-order valence-electron chi connectivity index (χ1n) is 2.38. The Hall–Kier alpha value is -0.770. The predicted octanol–water partition coefficient (Wildman–Crippen LogP) is 0.774. The quantitative estimate of drug-likeness (QED) is 0.588. The average Bonchev–Trinajstić information content (AvgIpc) is 1.89. The van der Waals surface area contributed by atoms with Gasteiger partial charge in [-0.15, -0.1) is 12.6 Å². The highest BCUT2D eigenvalue weighted by Crippen LogP contribution is 2.12. The van der Waals surface area contributed by atoms with E-state index in [1.165, 1.54) is 7.11 Å². The summed E-state index contributed by atoms with van der Waals surface area (Å²) in [6, 6.07) is 0. The second-order valence-corrected chi connectivity index (χ2v) is 1.81. The molecule has 0 spiro atoms. The summed E-state index contributed by atoms with van der Waals surface area (Å²) >= 11 is 3.98. The Bertz CT molecular complexity index is 204. The maximum absolute atomic E-state index is 4.79. The van der Waals surface area contributed by atoms with E-state index in [1.807, 2.05) is 0 Å². The van der Waals surface area contributed by atoms with E-state index < -0.39 is 0 Å². The third kappa shape index (κ3) is 1.32. The first kappa shape index (κ1) is 6.35. The molecule has 1 aromatic heterocycles. The summed E-state index contributed by atoms with van der Waals surface area (Å²) in [7, 11) is 1.53. The number of hydrogen-bond acceptors (Lipinski definition) is 4. The highest BCUT2D eigenvalue weighted by molar-refractivity contribution is 7.80. The summed E-state index contributed by atoms with van der Waals surface area (Å²) in [6.45, 7) is 0. The van der Waals surface area contributed by atoms with Crippen LogP contribution in [0.1, 0.15) is 0 Å². The third-order valence-corrected chi connectivity index (χ3v) is 1.15. The molecule has 0 aromatic carbocycles. The molecule has 0 unspecified atom stereocenters. The van der Waals surface area contributed by atoms with E-state index in [0.29, 0.717) is 10.9 Å². The van der Waals surface area contributed by atoms with Crippen molar-refractivity contribution in [3.63, 3.8) is 0 Å². The molecule has 0 amide bonds. The van der Waals surface area contributed by atoms with Crippen molar-refractivity contribution in [3.05, 3.63) is 12.4 Å². The van der Waals surface area contributed by atoms with Gasteiger partial charge in [0.2, 0.25) is 5.88 Å². The summed E-state index contributed by atoms with van der Waals surface area (Å²) in [5, 5.41) is 0.514. The van der Waals surface area contributed by atoms with Crippen LogP contribution in [0.4, 0.5) is 0 Å². The lowest BCUT2D eigenvalue weighted by molar-refractivity contribution is 0.383. The summed E-state index contributed by atoms with van der Waals surface area (Å²) in [5.74, 6) is 0.459. The molecule has 48 valence electrons. The fraction of sp³-hybridized carbons (Fsp3) is 0.200. The van der Waals surface area contributed by atoms with Gasteiger partial charge in [0.15, 0.2) is 5.03 Å². The number of ether oxygens (including phenoxy) is 1. The number of nitrogens with zero attached hydrogens (tertiary/aromatic N) is 2. The van der Waals surface area contributed by atoms with Crippen LogP contribution in [0.15, 0.2) is 17.4 Å². The van der Waals surface area contributed by atoms with Gasteiger partial charge in [0.05, 0.1) is 7.11 Å². The lowest BCUT2D eigenvalue weighted by atomic mass is 10.7. The third-order valence-electron chi connectivity index (χ3n) is 0.840. The van der Waals surface area contributed by atoms with Gasteiger partial charge in [-0.2, -0.15) is 0 Å². The number of methoxy groups -OCH3 is 1. The molecule has 0 fully saturated rings. The molecule has 0 aliphatic heterocycles. The molecule has 0 N–H and O–H groups in total. The second-order valence-electron chi connectivity index (χ2n) is 1.39. The highest BCUT2D eigenvalue weighted by Gasteiger charge is 1.96. The lowest BCUT2D eigenvalue weighted by Crippen LogP contribution is -1.89. The molecular weight excluding hydrogens is 136 g/mol. The summed E-state index contributed by atoms with van der Waals surface area (Å²) < 4.78 is 4.79. The van der Waals surface area contributed by atoms with Gasteiger partial charge in [-0.1, -0.05) is 0 Å². The Morgan fingerprint density at radius 3 is 2.56 bits per heavy atom. The van der Waals surface area contributed by atoms with E-state index in [-0.39, 0.29) is 0 Å². The van der Waals surface area contributed by atoms with E-state index in [0.717, 1.165) is 0 Å². The fourth-order valence-corrected chi connectivity index (χ4v) is 0.678.